The largest absolute Gasteiger partial charge is 0.398 e. The molecule has 0 saturated carbocycles. The minimum atomic E-state index is -1.56. The van der Waals surface area contributed by atoms with E-state index in [0.717, 1.165) is 12.1 Å². The Bertz CT molecular complexity index is 604. The van der Waals surface area contributed by atoms with E-state index in [-0.39, 0.29) is 5.56 Å². The molecule has 2 aromatic rings. The number of benzene rings is 1. The number of aromatic nitrogens is 1. The molecule has 1 heterocycles. The molecule has 2 rings (SSSR count). The van der Waals surface area contributed by atoms with Crippen LogP contribution < -0.4 is 17.0 Å². The number of hydrogen-bond donors (Lipinski definition) is 3. The van der Waals surface area contributed by atoms with Gasteiger partial charge < -0.3 is 5.73 Å². The molecule has 0 saturated heterocycles. The van der Waals surface area contributed by atoms with E-state index in [1.165, 1.54) is 18.5 Å². The maximum atomic E-state index is 13.7. The van der Waals surface area contributed by atoms with Gasteiger partial charge in [0.2, 0.25) is 0 Å². The molecule has 100 valence electrons. The van der Waals surface area contributed by atoms with Crippen LogP contribution in [-0.2, 0) is 0 Å². The predicted molar refractivity (Wildman–Crippen MR) is 64.1 cm³/mol. The van der Waals surface area contributed by atoms with Crippen molar-refractivity contribution in [3.8, 4) is 0 Å². The van der Waals surface area contributed by atoms with E-state index in [2.05, 4.69) is 10.4 Å². The van der Waals surface area contributed by atoms with E-state index in [0.29, 0.717) is 11.3 Å². The van der Waals surface area contributed by atoms with E-state index >= 15 is 0 Å². The molecule has 1 aromatic carbocycles. The van der Waals surface area contributed by atoms with E-state index < -0.39 is 23.5 Å². The van der Waals surface area contributed by atoms with Crippen LogP contribution in [0.2, 0.25) is 0 Å². The summed E-state index contributed by atoms with van der Waals surface area (Å²) in [6, 6.07) is 2.50. The summed E-state index contributed by atoms with van der Waals surface area (Å²) in [5, 5.41) is 0. The van der Waals surface area contributed by atoms with Crippen LogP contribution in [0.15, 0.2) is 30.6 Å². The Hall–Kier alpha value is -2.12. The van der Waals surface area contributed by atoms with Crippen molar-refractivity contribution in [3.05, 3.63) is 59.2 Å². The SMILES string of the molecule is NNC(c1cnccc1N)c1ccc(F)c(F)c1F. The van der Waals surface area contributed by atoms with Gasteiger partial charge in [0.25, 0.3) is 0 Å². The first-order chi connectivity index (χ1) is 9.06. The highest BCUT2D eigenvalue weighted by Gasteiger charge is 2.23. The first kappa shape index (κ1) is 13.3. The van der Waals surface area contributed by atoms with Crippen molar-refractivity contribution in [3.63, 3.8) is 0 Å². The maximum absolute atomic E-state index is 13.7. The summed E-state index contributed by atoms with van der Waals surface area (Å²) in [6.45, 7) is 0. The monoisotopic (exact) mass is 268 g/mol. The van der Waals surface area contributed by atoms with Crippen molar-refractivity contribution in [1.29, 1.82) is 0 Å². The van der Waals surface area contributed by atoms with Crippen molar-refractivity contribution < 1.29 is 13.2 Å². The van der Waals surface area contributed by atoms with E-state index in [4.69, 9.17) is 11.6 Å². The molecule has 0 aliphatic rings. The summed E-state index contributed by atoms with van der Waals surface area (Å²) in [4.78, 5) is 3.84. The molecule has 4 nitrogen and oxygen atoms in total. The highest BCUT2D eigenvalue weighted by atomic mass is 19.2. The van der Waals surface area contributed by atoms with Crippen LogP contribution in [0.3, 0.4) is 0 Å². The van der Waals surface area contributed by atoms with Gasteiger partial charge in [0, 0.05) is 29.2 Å². The molecule has 0 spiro atoms. The van der Waals surface area contributed by atoms with Gasteiger partial charge in [-0.25, -0.2) is 18.6 Å². The fraction of sp³-hybridized carbons (Fsp3) is 0.0833. The number of pyridine rings is 1. The van der Waals surface area contributed by atoms with Gasteiger partial charge in [0.05, 0.1) is 6.04 Å². The third-order valence-corrected chi connectivity index (χ3v) is 2.74. The molecule has 0 aliphatic heterocycles. The first-order valence-corrected chi connectivity index (χ1v) is 5.35. The molecule has 19 heavy (non-hydrogen) atoms. The predicted octanol–water partition coefficient (Wildman–Crippen LogP) is 1.63. The molecular weight excluding hydrogens is 257 g/mol. The van der Waals surface area contributed by atoms with Gasteiger partial charge in [-0.15, -0.1) is 0 Å². The van der Waals surface area contributed by atoms with Crippen LogP contribution in [0.5, 0.6) is 0 Å². The average molecular weight is 268 g/mol. The van der Waals surface area contributed by atoms with Crippen LogP contribution in [0.25, 0.3) is 0 Å². The number of nitrogens with two attached hydrogens (primary N) is 2. The lowest BCUT2D eigenvalue weighted by Gasteiger charge is -2.19. The molecule has 0 amide bonds. The lowest BCUT2D eigenvalue weighted by Crippen LogP contribution is -2.30. The summed E-state index contributed by atoms with van der Waals surface area (Å²) < 4.78 is 39.9. The van der Waals surface area contributed by atoms with Crippen molar-refractivity contribution in [2.45, 2.75) is 6.04 Å². The second-order valence-electron chi connectivity index (χ2n) is 3.87. The van der Waals surface area contributed by atoms with Crippen molar-refractivity contribution >= 4 is 5.69 Å². The third kappa shape index (κ3) is 2.38. The minimum absolute atomic E-state index is 0.152. The van der Waals surface area contributed by atoms with Gasteiger partial charge in [-0.3, -0.25) is 10.8 Å². The zero-order valence-corrected chi connectivity index (χ0v) is 9.70. The Labute approximate surface area is 107 Å². The number of rotatable bonds is 3. The van der Waals surface area contributed by atoms with E-state index in [1.807, 2.05) is 0 Å². The number of nitrogens with one attached hydrogen (secondary N) is 1. The third-order valence-electron chi connectivity index (χ3n) is 2.74. The topological polar surface area (TPSA) is 77.0 Å². The zero-order valence-electron chi connectivity index (χ0n) is 9.70. The van der Waals surface area contributed by atoms with Gasteiger partial charge in [-0.2, -0.15) is 0 Å². The fourth-order valence-electron chi connectivity index (χ4n) is 1.77. The first-order valence-electron chi connectivity index (χ1n) is 5.35. The Morgan fingerprint density at radius 1 is 1.05 bits per heavy atom. The van der Waals surface area contributed by atoms with Crippen LogP contribution >= 0.6 is 0 Å². The second kappa shape index (κ2) is 5.25. The maximum Gasteiger partial charge on any atom is 0.194 e. The number of hydrazine groups is 1. The minimum Gasteiger partial charge on any atom is -0.398 e. The molecule has 1 unspecified atom stereocenters. The van der Waals surface area contributed by atoms with Gasteiger partial charge >= 0.3 is 0 Å². The van der Waals surface area contributed by atoms with Gasteiger partial charge in [0.15, 0.2) is 17.5 Å². The van der Waals surface area contributed by atoms with Gasteiger partial charge in [-0.05, 0) is 12.1 Å². The smallest absolute Gasteiger partial charge is 0.194 e. The summed E-state index contributed by atoms with van der Waals surface area (Å²) in [7, 11) is 0. The summed E-state index contributed by atoms with van der Waals surface area (Å²) in [5.41, 5.74) is 8.57. The summed E-state index contributed by atoms with van der Waals surface area (Å²) >= 11 is 0. The van der Waals surface area contributed by atoms with E-state index in [1.54, 1.807) is 0 Å². The molecular formula is C12H11F3N4. The molecule has 1 atom stereocenters. The Morgan fingerprint density at radius 2 is 1.79 bits per heavy atom. The summed E-state index contributed by atoms with van der Waals surface area (Å²) in [6.07, 6.45) is 2.83. The van der Waals surface area contributed by atoms with Crippen molar-refractivity contribution in [1.82, 2.24) is 10.4 Å². The fourth-order valence-corrected chi connectivity index (χ4v) is 1.77. The quantitative estimate of drug-likeness (QED) is 0.449. The zero-order chi connectivity index (χ0) is 14.0. The standard InChI is InChI=1S/C12H11F3N4/c13-8-2-1-6(10(14)11(8)15)12(19-17)7-5-18-4-3-9(7)16/h1-5,12,19H,17H2,(H2,16,18). The molecule has 0 fully saturated rings. The van der Waals surface area contributed by atoms with Crippen molar-refractivity contribution in [2.75, 3.05) is 5.73 Å². The lowest BCUT2D eigenvalue weighted by molar-refractivity contribution is 0.433. The van der Waals surface area contributed by atoms with Gasteiger partial charge in [-0.1, -0.05) is 6.07 Å². The van der Waals surface area contributed by atoms with Crippen LogP contribution in [0.4, 0.5) is 18.9 Å². The number of halogens is 3. The van der Waals surface area contributed by atoms with Crippen molar-refractivity contribution in [2.24, 2.45) is 5.84 Å². The molecule has 5 N–H and O–H groups in total. The van der Waals surface area contributed by atoms with Gasteiger partial charge in [0.1, 0.15) is 0 Å². The molecule has 7 heteroatoms. The lowest BCUT2D eigenvalue weighted by atomic mass is 9.98. The molecule has 0 aliphatic carbocycles. The number of hydrogen-bond acceptors (Lipinski definition) is 4. The molecule has 0 bridgehead atoms. The number of nitrogen functional groups attached to an aromatic ring is 1. The number of anilines is 1. The van der Waals surface area contributed by atoms with Crippen LogP contribution in [0, 0.1) is 17.5 Å². The highest BCUT2D eigenvalue weighted by Crippen LogP contribution is 2.28. The molecule has 0 radical (unpaired) electrons. The highest BCUT2D eigenvalue weighted by molar-refractivity contribution is 5.49. The average Bonchev–Trinajstić information content (AvgIpc) is 2.41. The normalized spacial score (nSPS) is 12.4. The Morgan fingerprint density at radius 3 is 2.42 bits per heavy atom. The Kier molecular flexibility index (Phi) is 3.68. The van der Waals surface area contributed by atoms with Crippen LogP contribution in [0.1, 0.15) is 17.2 Å². The Balaban J connectivity index is 2.55. The van der Waals surface area contributed by atoms with Crippen LogP contribution in [-0.4, -0.2) is 4.98 Å². The summed E-state index contributed by atoms with van der Waals surface area (Å²) in [5.74, 6) is 1.21. The number of nitrogens with zero attached hydrogens (tertiary/aromatic N) is 1. The second-order valence-corrected chi connectivity index (χ2v) is 3.87. The molecule has 1 aromatic heterocycles. The van der Waals surface area contributed by atoms with E-state index in [9.17, 15) is 13.2 Å².